The third-order valence-corrected chi connectivity index (χ3v) is 7.02. The number of hydrogen-bond acceptors (Lipinski definition) is 4. The van der Waals surface area contributed by atoms with E-state index >= 15 is 0 Å². The van der Waals surface area contributed by atoms with Crippen LogP contribution in [0, 0.1) is 17.1 Å². The van der Waals surface area contributed by atoms with Gasteiger partial charge in [0.25, 0.3) is 0 Å². The second-order valence-corrected chi connectivity index (χ2v) is 8.96. The number of amides is 1. The van der Waals surface area contributed by atoms with Crippen LogP contribution in [-0.4, -0.2) is 42.9 Å². The maximum Gasteiger partial charge on any atom is 0.223 e. The summed E-state index contributed by atoms with van der Waals surface area (Å²) in [5.74, 6) is -0.248. The second kappa shape index (κ2) is 8.76. The first-order valence-corrected chi connectivity index (χ1v) is 10.9. The Kier molecular flexibility index (Phi) is 6.03. The van der Waals surface area contributed by atoms with Gasteiger partial charge in [-0.1, -0.05) is 12.1 Å². The van der Waals surface area contributed by atoms with E-state index < -0.39 is 0 Å². The molecule has 0 N–H and O–H groups in total. The van der Waals surface area contributed by atoms with Gasteiger partial charge in [-0.15, -0.1) is 0 Å². The topological polar surface area (TPSA) is 60.5 Å². The number of hydrogen-bond donors (Lipinski definition) is 0. The molecule has 0 radical (unpaired) electrons. The number of rotatable bonds is 5. The number of nitriles is 1. The van der Waals surface area contributed by atoms with Crippen LogP contribution in [0.15, 0.2) is 53.1 Å². The zero-order chi connectivity index (χ0) is 22.9. The maximum atomic E-state index is 13.6. The summed E-state index contributed by atoms with van der Waals surface area (Å²) >= 11 is 0. The van der Waals surface area contributed by atoms with Crippen molar-refractivity contribution < 1.29 is 13.6 Å². The fourth-order valence-corrected chi connectivity index (χ4v) is 4.74. The molecule has 1 fully saturated rings. The van der Waals surface area contributed by atoms with Crippen LogP contribution < -0.4 is 0 Å². The summed E-state index contributed by atoms with van der Waals surface area (Å²) in [6.45, 7) is 3.73. The molecule has 1 aromatic heterocycles. The van der Waals surface area contributed by atoms with Crippen LogP contribution in [-0.2, 0) is 10.2 Å². The Hall–Kier alpha value is -3.17. The molecule has 1 saturated heterocycles. The van der Waals surface area contributed by atoms with Gasteiger partial charge in [-0.2, -0.15) is 5.26 Å². The summed E-state index contributed by atoms with van der Waals surface area (Å²) in [4.78, 5) is 17.5. The minimum atomic E-state index is -0.320. The van der Waals surface area contributed by atoms with Gasteiger partial charge in [0.15, 0.2) is 0 Å². The number of carbonyl (C=O) groups is 1. The molecule has 6 heteroatoms. The summed E-state index contributed by atoms with van der Waals surface area (Å²) in [5, 5.41) is 10.3. The molecule has 1 unspecified atom stereocenters. The first kappa shape index (κ1) is 22.0. The smallest absolute Gasteiger partial charge is 0.223 e. The standard InChI is InChI=1S/C26H28FN3O2/c1-18(23-15-19(17-28)14-20-8-13-32-25(20)23)30(3)24(31)16-26(9-11-29(2)12-10-26)21-4-6-22(27)7-5-21/h4-8,13-15,18H,9-12,16H2,1-3H3. The Morgan fingerprint density at radius 3 is 2.59 bits per heavy atom. The first-order valence-electron chi connectivity index (χ1n) is 10.9. The van der Waals surface area contributed by atoms with Gasteiger partial charge in [0.1, 0.15) is 11.4 Å². The maximum absolute atomic E-state index is 13.6. The summed E-state index contributed by atoms with van der Waals surface area (Å²) < 4.78 is 19.2. The van der Waals surface area contributed by atoms with E-state index in [-0.39, 0.29) is 23.2 Å². The van der Waals surface area contributed by atoms with Crippen LogP contribution in [0.25, 0.3) is 11.0 Å². The summed E-state index contributed by atoms with van der Waals surface area (Å²) in [6.07, 6.45) is 3.64. The molecule has 1 atom stereocenters. The molecule has 3 aromatic rings. The molecule has 4 rings (SSSR count). The Bertz CT molecular complexity index is 1150. The Morgan fingerprint density at radius 2 is 1.94 bits per heavy atom. The van der Waals surface area contributed by atoms with Crippen molar-refractivity contribution in [3.63, 3.8) is 0 Å². The van der Waals surface area contributed by atoms with Crippen LogP contribution in [0.2, 0.25) is 0 Å². The van der Waals surface area contributed by atoms with E-state index in [0.29, 0.717) is 17.6 Å². The molecule has 0 aliphatic carbocycles. The fraction of sp³-hybridized carbons (Fsp3) is 0.385. The molecule has 2 aromatic carbocycles. The average molecular weight is 434 g/mol. The number of benzene rings is 2. The normalized spacial score (nSPS) is 17.1. The van der Waals surface area contributed by atoms with Crippen LogP contribution >= 0.6 is 0 Å². The quantitative estimate of drug-likeness (QED) is 0.567. The van der Waals surface area contributed by atoms with Gasteiger partial charge < -0.3 is 14.2 Å². The Morgan fingerprint density at radius 1 is 1.25 bits per heavy atom. The van der Waals surface area contributed by atoms with Crippen molar-refractivity contribution in [3.05, 3.63) is 71.2 Å². The van der Waals surface area contributed by atoms with E-state index in [2.05, 4.69) is 18.0 Å². The highest BCUT2D eigenvalue weighted by Crippen LogP contribution is 2.40. The zero-order valence-corrected chi connectivity index (χ0v) is 18.8. The van der Waals surface area contributed by atoms with Crippen molar-refractivity contribution in [1.29, 1.82) is 5.26 Å². The van der Waals surface area contributed by atoms with Crippen LogP contribution in [0.5, 0.6) is 0 Å². The monoisotopic (exact) mass is 433 g/mol. The summed E-state index contributed by atoms with van der Waals surface area (Å²) in [7, 11) is 3.88. The van der Waals surface area contributed by atoms with Crippen molar-refractivity contribution in [2.24, 2.45) is 0 Å². The number of carbonyl (C=O) groups excluding carboxylic acids is 1. The molecular formula is C26H28FN3O2. The van der Waals surface area contributed by atoms with Gasteiger partial charge in [0.2, 0.25) is 5.91 Å². The molecule has 1 aliphatic rings. The van der Waals surface area contributed by atoms with Gasteiger partial charge in [-0.05, 0) is 75.8 Å². The second-order valence-electron chi connectivity index (χ2n) is 8.96. The molecular weight excluding hydrogens is 405 g/mol. The van der Waals surface area contributed by atoms with Crippen LogP contribution in [0.3, 0.4) is 0 Å². The van der Waals surface area contributed by atoms with Crippen molar-refractivity contribution >= 4 is 16.9 Å². The van der Waals surface area contributed by atoms with Crippen LogP contribution in [0.4, 0.5) is 4.39 Å². The van der Waals surface area contributed by atoms with E-state index in [1.807, 2.05) is 25.1 Å². The third-order valence-electron chi connectivity index (χ3n) is 7.02. The predicted octanol–water partition coefficient (Wildman–Crippen LogP) is 5.02. The highest BCUT2D eigenvalue weighted by molar-refractivity contribution is 5.84. The average Bonchev–Trinajstić information content (AvgIpc) is 3.28. The van der Waals surface area contributed by atoms with E-state index in [1.54, 1.807) is 30.3 Å². The SMILES string of the molecule is CC(c1cc(C#N)cc2ccoc12)N(C)C(=O)CC1(c2ccc(F)cc2)CCN(C)CC1. The highest BCUT2D eigenvalue weighted by Gasteiger charge is 2.39. The molecule has 166 valence electrons. The highest BCUT2D eigenvalue weighted by atomic mass is 19.1. The van der Waals surface area contributed by atoms with Crippen molar-refractivity contribution in [2.45, 2.75) is 37.6 Å². The number of nitrogens with zero attached hydrogens (tertiary/aromatic N) is 3. The lowest BCUT2D eigenvalue weighted by Gasteiger charge is -2.42. The summed E-state index contributed by atoms with van der Waals surface area (Å²) in [6, 6.07) is 13.9. The minimum Gasteiger partial charge on any atom is -0.464 e. The van der Waals surface area contributed by atoms with Crippen LogP contribution in [0.1, 0.15) is 48.9 Å². The molecule has 1 amide bonds. The predicted molar refractivity (Wildman–Crippen MR) is 122 cm³/mol. The molecule has 1 aliphatic heterocycles. The van der Waals surface area contributed by atoms with Crippen molar-refractivity contribution in [1.82, 2.24) is 9.80 Å². The van der Waals surface area contributed by atoms with E-state index in [1.165, 1.54) is 12.1 Å². The lowest BCUT2D eigenvalue weighted by atomic mass is 9.70. The van der Waals surface area contributed by atoms with E-state index in [0.717, 1.165) is 42.4 Å². The number of piperidine rings is 1. The molecule has 2 heterocycles. The largest absolute Gasteiger partial charge is 0.464 e. The fourth-order valence-electron chi connectivity index (χ4n) is 4.74. The first-order chi connectivity index (χ1) is 15.3. The Balaban J connectivity index is 1.62. The molecule has 0 spiro atoms. The van der Waals surface area contributed by atoms with E-state index in [4.69, 9.17) is 4.42 Å². The number of furan rings is 1. The van der Waals surface area contributed by atoms with Gasteiger partial charge >= 0.3 is 0 Å². The third kappa shape index (κ3) is 4.13. The van der Waals surface area contributed by atoms with Crippen molar-refractivity contribution in [3.8, 4) is 6.07 Å². The lowest BCUT2D eigenvalue weighted by Crippen LogP contribution is -2.44. The molecule has 5 nitrogen and oxygen atoms in total. The minimum absolute atomic E-state index is 0.0217. The van der Waals surface area contributed by atoms with Gasteiger partial charge in [0.05, 0.1) is 23.9 Å². The number of likely N-dealkylation sites (tertiary alicyclic amines) is 1. The zero-order valence-electron chi connectivity index (χ0n) is 18.8. The molecule has 0 bridgehead atoms. The number of halogens is 1. The van der Waals surface area contributed by atoms with Gasteiger partial charge in [0, 0.05) is 29.8 Å². The lowest BCUT2D eigenvalue weighted by molar-refractivity contribution is -0.133. The van der Waals surface area contributed by atoms with E-state index in [9.17, 15) is 14.4 Å². The van der Waals surface area contributed by atoms with Gasteiger partial charge in [-0.25, -0.2) is 4.39 Å². The van der Waals surface area contributed by atoms with Gasteiger partial charge in [-0.3, -0.25) is 4.79 Å². The molecule has 0 saturated carbocycles. The summed E-state index contributed by atoms with van der Waals surface area (Å²) in [5.41, 5.74) is 2.75. The molecule has 32 heavy (non-hydrogen) atoms. The Labute approximate surface area is 188 Å². The van der Waals surface area contributed by atoms with Crippen molar-refractivity contribution in [2.75, 3.05) is 27.2 Å². The number of fused-ring (bicyclic) bond motifs is 1.